The highest BCUT2D eigenvalue weighted by Gasteiger charge is 1.86. The highest BCUT2D eigenvalue weighted by molar-refractivity contribution is 7.09. The Balaban J connectivity index is 2.85. The molecule has 0 unspecified atom stereocenters. The van der Waals surface area contributed by atoms with Crippen molar-refractivity contribution in [1.29, 1.82) is 0 Å². The van der Waals surface area contributed by atoms with E-state index in [0.29, 0.717) is 5.13 Å². The lowest BCUT2D eigenvalue weighted by molar-refractivity contribution is 1.14. The lowest BCUT2D eigenvalue weighted by Gasteiger charge is -1.70. The molecule has 0 aromatic carbocycles. The van der Waals surface area contributed by atoms with Gasteiger partial charge in [-0.3, -0.25) is 0 Å². The zero-order valence-electron chi connectivity index (χ0n) is 5.20. The molecule has 1 heterocycles. The summed E-state index contributed by atoms with van der Waals surface area (Å²) in [6.07, 6.45) is 0.00222. The molecule has 4 nitrogen and oxygen atoms in total. The minimum absolute atomic E-state index is 0.00222. The van der Waals surface area contributed by atoms with Gasteiger partial charge in [0.25, 0.3) is 0 Å². The molecule has 0 spiro atoms. The van der Waals surface area contributed by atoms with E-state index >= 15 is 0 Å². The molecule has 8 heavy (non-hydrogen) atoms. The number of rotatable bonds is 1. The normalized spacial score (nSPS) is 12.4. The summed E-state index contributed by atoms with van der Waals surface area (Å²) in [6, 6.07) is 0. The van der Waals surface area contributed by atoms with Gasteiger partial charge in [0.2, 0.25) is 5.13 Å². The summed E-state index contributed by atoms with van der Waals surface area (Å²) in [4.78, 5) is 3.61. The molecule has 0 aliphatic rings. The fraction of sp³-hybridized carbons (Fsp3) is 0.333. The van der Waals surface area contributed by atoms with E-state index in [-0.39, 0.29) is 6.30 Å². The average Bonchev–Trinajstić information content (AvgIpc) is 2.17. The molecule has 42 valence electrons. The van der Waals surface area contributed by atoms with Crippen molar-refractivity contribution in [3.05, 3.63) is 6.30 Å². The topological polar surface area (TPSA) is 50.5 Å². The Bertz CT molecular complexity index is 219. The van der Waals surface area contributed by atoms with Crippen LogP contribution in [0.1, 0.15) is 1.37 Å². The number of azo groups is 1. The molecule has 0 atom stereocenters. The molecule has 0 bridgehead atoms. The summed E-state index contributed by atoms with van der Waals surface area (Å²) in [7, 11) is 1.55. The Morgan fingerprint density at radius 3 is 3.38 bits per heavy atom. The second-order valence-corrected chi connectivity index (χ2v) is 1.71. The summed E-state index contributed by atoms with van der Waals surface area (Å²) >= 11 is 1.07. The third-order valence-electron chi connectivity index (χ3n) is 0.499. The number of aromatic nitrogens is 2. The highest BCUT2D eigenvalue weighted by atomic mass is 32.1. The van der Waals surface area contributed by atoms with Crippen LogP contribution in [0, 0.1) is 0 Å². The Morgan fingerprint density at radius 2 is 2.88 bits per heavy atom. The van der Waals surface area contributed by atoms with Gasteiger partial charge in [-0.15, -0.1) is 5.11 Å². The van der Waals surface area contributed by atoms with Crippen molar-refractivity contribution in [2.45, 2.75) is 0 Å². The largest absolute Gasteiger partial charge is 0.248 e. The monoisotopic (exact) mass is 129 g/mol. The zero-order valence-corrected chi connectivity index (χ0v) is 5.01. The first-order valence-corrected chi connectivity index (χ1v) is 2.70. The third-order valence-corrected chi connectivity index (χ3v) is 1.01. The summed E-state index contributed by atoms with van der Waals surface area (Å²) in [5.41, 5.74) is 0. The van der Waals surface area contributed by atoms with Crippen molar-refractivity contribution in [2.75, 3.05) is 7.05 Å². The van der Waals surface area contributed by atoms with E-state index in [1.165, 1.54) is 0 Å². The molecular weight excluding hydrogens is 124 g/mol. The summed E-state index contributed by atoms with van der Waals surface area (Å²) in [5.74, 6) is 0. The van der Waals surface area contributed by atoms with E-state index in [1.54, 1.807) is 7.05 Å². The lowest BCUT2D eigenvalue weighted by atomic mass is 11.2. The van der Waals surface area contributed by atoms with Crippen molar-refractivity contribution < 1.29 is 1.37 Å². The molecule has 0 aliphatic carbocycles. The Morgan fingerprint density at radius 1 is 2.00 bits per heavy atom. The van der Waals surface area contributed by atoms with Crippen molar-refractivity contribution in [3.63, 3.8) is 0 Å². The Kier molecular flexibility index (Phi) is 1.26. The smallest absolute Gasteiger partial charge is 0.204 e. The van der Waals surface area contributed by atoms with Gasteiger partial charge in [-0.1, -0.05) is 0 Å². The van der Waals surface area contributed by atoms with Crippen LogP contribution in [0.15, 0.2) is 16.5 Å². The van der Waals surface area contributed by atoms with Gasteiger partial charge in [-0.2, -0.15) is 9.49 Å². The van der Waals surface area contributed by atoms with Gasteiger partial charge in [0.15, 0.2) is 0 Å². The average molecular weight is 129 g/mol. The molecule has 0 saturated heterocycles. The Hall–Kier alpha value is -0.840. The minimum atomic E-state index is 0.00222. The van der Waals surface area contributed by atoms with Crippen molar-refractivity contribution >= 4 is 16.7 Å². The molecule has 1 aromatic heterocycles. The van der Waals surface area contributed by atoms with Gasteiger partial charge in [0, 0.05) is 18.6 Å². The lowest BCUT2D eigenvalue weighted by Crippen LogP contribution is -1.53. The van der Waals surface area contributed by atoms with Crippen LogP contribution < -0.4 is 0 Å². The molecule has 1 aromatic rings. The van der Waals surface area contributed by atoms with E-state index in [0.717, 1.165) is 11.5 Å². The first-order chi connectivity index (χ1) is 4.33. The van der Waals surface area contributed by atoms with Crippen LogP contribution in [0.2, 0.25) is 0 Å². The predicted molar refractivity (Wildman–Crippen MR) is 30.3 cm³/mol. The predicted octanol–water partition coefficient (Wildman–Crippen LogP) is 1.25. The molecule has 0 N–H and O–H groups in total. The second kappa shape index (κ2) is 2.46. The summed E-state index contributed by atoms with van der Waals surface area (Å²) in [5, 5.41) is 7.48. The van der Waals surface area contributed by atoms with Gasteiger partial charge >= 0.3 is 0 Å². The zero-order chi connectivity index (χ0) is 6.69. The molecule has 0 aliphatic heterocycles. The van der Waals surface area contributed by atoms with Crippen LogP contribution in [0.25, 0.3) is 0 Å². The van der Waals surface area contributed by atoms with Gasteiger partial charge in [0.05, 0.1) is 0 Å². The van der Waals surface area contributed by atoms with E-state index < -0.39 is 0 Å². The minimum Gasteiger partial charge on any atom is -0.204 e. The Labute approximate surface area is 51.9 Å². The number of hydrogen-bond donors (Lipinski definition) is 0. The molecule has 0 fully saturated rings. The third kappa shape index (κ3) is 1.06. The van der Waals surface area contributed by atoms with Crippen molar-refractivity contribution in [2.24, 2.45) is 10.2 Å². The standard InChI is InChI=1S/C3H4N4S/c1-4-7-3-5-2-6-8-3/h2H,1H3/i2D. The highest BCUT2D eigenvalue weighted by Crippen LogP contribution is 2.10. The molecule has 5 heteroatoms. The first-order valence-electron chi connectivity index (χ1n) is 2.43. The summed E-state index contributed by atoms with van der Waals surface area (Å²) < 4.78 is 10.5. The van der Waals surface area contributed by atoms with E-state index in [9.17, 15) is 0 Å². The van der Waals surface area contributed by atoms with Crippen LogP contribution in [-0.2, 0) is 0 Å². The molecule has 0 radical (unpaired) electrons. The maximum absolute atomic E-state index is 6.88. The van der Waals surface area contributed by atoms with Gasteiger partial charge in [0.1, 0.15) is 7.67 Å². The SMILES string of the molecule is [2H]c1nsc(N=NC)n1. The van der Waals surface area contributed by atoms with Crippen LogP contribution in [0.4, 0.5) is 5.13 Å². The van der Waals surface area contributed by atoms with Crippen molar-refractivity contribution in [3.8, 4) is 0 Å². The van der Waals surface area contributed by atoms with Crippen LogP contribution in [0.3, 0.4) is 0 Å². The van der Waals surface area contributed by atoms with Crippen LogP contribution >= 0.6 is 11.5 Å². The maximum Gasteiger partial charge on any atom is 0.248 e. The number of nitrogens with zero attached hydrogens (tertiary/aromatic N) is 4. The fourth-order valence-corrected chi connectivity index (χ4v) is 0.634. The first kappa shape index (κ1) is 4.08. The van der Waals surface area contributed by atoms with Crippen LogP contribution in [-0.4, -0.2) is 16.4 Å². The van der Waals surface area contributed by atoms with E-state index in [1.807, 2.05) is 0 Å². The maximum atomic E-state index is 6.88. The van der Waals surface area contributed by atoms with Crippen molar-refractivity contribution in [1.82, 2.24) is 9.36 Å². The van der Waals surface area contributed by atoms with Gasteiger partial charge in [-0.05, 0) is 0 Å². The van der Waals surface area contributed by atoms with Gasteiger partial charge in [-0.25, -0.2) is 4.98 Å². The van der Waals surface area contributed by atoms with Crippen LogP contribution in [0.5, 0.6) is 0 Å². The van der Waals surface area contributed by atoms with E-state index in [4.69, 9.17) is 1.37 Å². The quantitative estimate of drug-likeness (QED) is 0.536. The molecule has 0 saturated carbocycles. The van der Waals surface area contributed by atoms with Gasteiger partial charge < -0.3 is 0 Å². The molecule has 1 rings (SSSR count). The molecule has 0 amide bonds. The van der Waals surface area contributed by atoms with E-state index in [2.05, 4.69) is 19.6 Å². The number of hydrogen-bond acceptors (Lipinski definition) is 5. The summed E-state index contributed by atoms with van der Waals surface area (Å²) in [6.45, 7) is 0. The second-order valence-electron chi connectivity index (χ2n) is 0.977. The fourth-order valence-electron chi connectivity index (χ4n) is 0.271. The molecular formula is C3H4N4S.